The minimum Gasteiger partial charge on any atom is -0.267 e. The van der Waals surface area contributed by atoms with Crippen molar-refractivity contribution in [3.05, 3.63) is 33.8 Å². The van der Waals surface area contributed by atoms with Gasteiger partial charge in [0, 0.05) is 11.2 Å². The SMILES string of the molecule is O=C(N/N=C/C1CC2CCC1C2)c1ccc(Cl)cc1Cl. The molecule has 3 nitrogen and oxygen atoms in total. The summed E-state index contributed by atoms with van der Waals surface area (Å²) in [4.78, 5) is 12.0. The molecule has 3 unspecified atom stereocenters. The highest BCUT2D eigenvalue weighted by Crippen LogP contribution is 2.47. The van der Waals surface area contributed by atoms with Crippen LogP contribution < -0.4 is 5.43 Å². The quantitative estimate of drug-likeness (QED) is 0.661. The van der Waals surface area contributed by atoms with Crippen molar-refractivity contribution in [1.82, 2.24) is 5.43 Å². The van der Waals surface area contributed by atoms with E-state index in [1.54, 1.807) is 18.2 Å². The molecule has 1 aromatic carbocycles. The number of hydrogen-bond donors (Lipinski definition) is 1. The third kappa shape index (κ3) is 2.84. The van der Waals surface area contributed by atoms with Crippen molar-refractivity contribution in [1.29, 1.82) is 0 Å². The maximum absolute atomic E-state index is 12.0. The first-order valence-corrected chi connectivity index (χ1v) is 7.67. The molecule has 5 heteroatoms. The van der Waals surface area contributed by atoms with Gasteiger partial charge in [-0.05, 0) is 55.2 Å². The molecule has 2 aliphatic rings. The van der Waals surface area contributed by atoms with Gasteiger partial charge in [0.1, 0.15) is 0 Å². The van der Waals surface area contributed by atoms with Crippen molar-refractivity contribution in [2.75, 3.05) is 0 Å². The molecule has 2 fully saturated rings. The van der Waals surface area contributed by atoms with Crippen LogP contribution in [0.5, 0.6) is 0 Å². The number of fused-ring (bicyclic) bond motifs is 2. The fourth-order valence-electron chi connectivity index (χ4n) is 3.40. The lowest BCUT2D eigenvalue weighted by molar-refractivity contribution is 0.0955. The van der Waals surface area contributed by atoms with Crippen LogP contribution in [0.1, 0.15) is 36.0 Å². The van der Waals surface area contributed by atoms with Crippen LogP contribution >= 0.6 is 23.2 Å². The molecule has 1 N–H and O–H groups in total. The molecule has 0 radical (unpaired) electrons. The topological polar surface area (TPSA) is 41.5 Å². The Balaban J connectivity index is 1.59. The van der Waals surface area contributed by atoms with Crippen molar-refractivity contribution in [3.63, 3.8) is 0 Å². The smallest absolute Gasteiger partial charge is 0.267 e. The lowest BCUT2D eigenvalue weighted by Gasteiger charge is -2.16. The van der Waals surface area contributed by atoms with E-state index < -0.39 is 0 Å². The second-order valence-electron chi connectivity index (χ2n) is 5.68. The van der Waals surface area contributed by atoms with Gasteiger partial charge in [0.15, 0.2) is 0 Å². The molecule has 0 saturated heterocycles. The predicted octanol–water partition coefficient (Wildman–Crippen LogP) is 4.15. The van der Waals surface area contributed by atoms with E-state index in [1.165, 1.54) is 25.7 Å². The standard InChI is InChI=1S/C15H16Cl2N2O/c16-12-3-4-13(14(17)7-12)15(20)19-18-8-11-6-9-1-2-10(11)5-9/h3-4,7-11H,1-2,5-6H2,(H,19,20)/b18-8+. The molecule has 106 valence electrons. The van der Waals surface area contributed by atoms with Crippen LogP contribution in [0.3, 0.4) is 0 Å². The largest absolute Gasteiger partial charge is 0.272 e. The van der Waals surface area contributed by atoms with E-state index in [-0.39, 0.29) is 5.91 Å². The molecule has 3 atom stereocenters. The Morgan fingerprint density at radius 1 is 1.30 bits per heavy atom. The monoisotopic (exact) mass is 310 g/mol. The molecule has 20 heavy (non-hydrogen) atoms. The van der Waals surface area contributed by atoms with E-state index >= 15 is 0 Å². The summed E-state index contributed by atoms with van der Waals surface area (Å²) in [6, 6.07) is 4.80. The summed E-state index contributed by atoms with van der Waals surface area (Å²) < 4.78 is 0. The second kappa shape index (κ2) is 5.74. The fourth-order valence-corrected chi connectivity index (χ4v) is 3.90. The van der Waals surface area contributed by atoms with Gasteiger partial charge in [0.25, 0.3) is 5.91 Å². The van der Waals surface area contributed by atoms with Crippen LogP contribution in [0.25, 0.3) is 0 Å². The van der Waals surface area contributed by atoms with Gasteiger partial charge in [-0.3, -0.25) is 4.79 Å². The highest BCUT2D eigenvalue weighted by Gasteiger charge is 2.38. The summed E-state index contributed by atoms with van der Waals surface area (Å²) in [5.74, 6) is 1.86. The van der Waals surface area contributed by atoms with Crippen molar-refractivity contribution >= 4 is 35.3 Å². The molecule has 0 spiro atoms. The van der Waals surface area contributed by atoms with Gasteiger partial charge in [-0.2, -0.15) is 5.10 Å². The van der Waals surface area contributed by atoms with Crippen LogP contribution in [-0.4, -0.2) is 12.1 Å². The van der Waals surface area contributed by atoms with Gasteiger partial charge in [0.2, 0.25) is 0 Å². The van der Waals surface area contributed by atoms with Gasteiger partial charge >= 0.3 is 0 Å². The van der Waals surface area contributed by atoms with Crippen molar-refractivity contribution in [2.24, 2.45) is 22.9 Å². The zero-order valence-electron chi connectivity index (χ0n) is 11.0. The Kier molecular flexibility index (Phi) is 3.99. The summed E-state index contributed by atoms with van der Waals surface area (Å²) >= 11 is 11.8. The minimum absolute atomic E-state index is 0.300. The van der Waals surface area contributed by atoms with Crippen LogP contribution in [0, 0.1) is 17.8 Å². The third-order valence-electron chi connectivity index (χ3n) is 4.40. The number of amides is 1. The summed E-state index contributed by atoms with van der Waals surface area (Å²) in [6.07, 6.45) is 7.10. The predicted molar refractivity (Wildman–Crippen MR) is 81.4 cm³/mol. The lowest BCUT2D eigenvalue weighted by atomic mass is 9.90. The minimum atomic E-state index is -0.300. The van der Waals surface area contributed by atoms with Gasteiger partial charge in [-0.15, -0.1) is 0 Å². The molecule has 2 aliphatic carbocycles. The number of carbonyl (C=O) groups is 1. The Hall–Kier alpha value is -1.06. The maximum Gasteiger partial charge on any atom is 0.272 e. The van der Waals surface area contributed by atoms with E-state index in [2.05, 4.69) is 10.5 Å². The van der Waals surface area contributed by atoms with E-state index in [9.17, 15) is 4.79 Å². The molecule has 3 rings (SSSR count). The number of hydrazone groups is 1. The van der Waals surface area contributed by atoms with Gasteiger partial charge in [-0.25, -0.2) is 5.43 Å². The number of carbonyl (C=O) groups excluding carboxylic acids is 1. The van der Waals surface area contributed by atoms with Crippen LogP contribution in [0.2, 0.25) is 10.0 Å². The van der Waals surface area contributed by atoms with E-state index in [0.717, 1.165) is 11.8 Å². The first-order chi connectivity index (χ1) is 9.63. The molecule has 1 amide bonds. The van der Waals surface area contributed by atoms with Crippen LogP contribution in [0.4, 0.5) is 0 Å². The van der Waals surface area contributed by atoms with E-state index in [0.29, 0.717) is 21.5 Å². The van der Waals surface area contributed by atoms with Crippen LogP contribution in [0.15, 0.2) is 23.3 Å². The zero-order chi connectivity index (χ0) is 14.1. The molecule has 2 bridgehead atoms. The molecule has 2 saturated carbocycles. The van der Waals surface area contributed by atoms with Crippen LogP contribution in [-0.2, 0) is 0 Å². The Morgan fingerprint density at radius 2 is 2.15 bits per heavy atom. The number of benzene rings is 1. The summed E-state index contributed by atoms with van der Waals surface area (Å²) in [7, 11) is 0. The number of hydrogen-bond acceptors (Lipinski definition) is 2. The number of halogens is 2. The van der Waals surface area contributed by atoms with E-state index in [4.69, 9.17) is 23.2 Å². The number of rotatable bonds is 3. The lowest BCUT2D eigenvalue weighted by Crippen LogP contribution is -2.20. The zero-order valence-corrected chi connectivity index (χ0v) is 12.5. The Labute approximate surface area is 128 Å². The first kappa shape index (κ1) is 13.9. The average Bonchev–Trinajstić information content (AvgIpc) is 3.00. The van der Waals surface area contributed by atoms with Gasteiger partial charge in [-0.1, -0.05) is 29.6 Å². The normalized spacial score (nSPS) is 28.2. The van der Waals surface area contributed by atoms with Gasteiger partial charge < -0.3 is 0 Å². The number of nitrogens with zero attached hydrogens (tertiary/aromatic N) is 1. The average molecular weight is 311 g/mol. The highest BCUT2D eigenvalue weighted by molar-refractivity contribution is 6.36. The molecule has 1 aromatic rings. The maximum atomic E-state index is 12.0. The van der Waals surface area contributed by atoms with Crippen molar-refractivity contribution in [2.45, 2.75) is 25.7 Å². The third-order valence-corrected chi connectivity index (χ3v) is 4.95. The molecule has 0 aliphatic heterocycles. The first-order valence-electron chi connectivity index (χ1n) is 6.92. The highest BCUT2D eigenvalue weighted by atomic mass is 35.5. The van der Waals surface area contributed by atoms with Gasteiger partial charge in [0.05, 0.1) is 10.6 Å². The van der Waals surface area contributed by atoms with Crippen molar-refractivity contribution in [3.8, 4) is 0 Å². The summed E-state index contributed by atoms with van der Waals surface area (Å²) in [6.45, 7) is 0. The Morgan fingerprint density at radius 3 is 2.80 bits per heavy atom. The Bertz CT molecular complexity index is 559. The second-order valence-corrected chi connectivity index (χ2v) is 6.53. The molecular formula is C15H16Cl2N2O. The summed E-state index contributed by atoms with van der Waals surface area (Å²) in [5.41, 5.74) is 2.94. The van der Waals surface area contributed by atoms with Crippen molar-refractivity contribution < 1.29 is 4.79 Å². The molecule has 0 aromatic heterocycles. The fraction of sp³-hybridized carbons (Fsp3) is 0.467. The van der Waals surface area contributed by atoms with E-state index in [1.807, 2.05) is 6.21 Å². The molecular weight excluding hydrogens is 295 g/mol. The number of nitrogens with one attached hydrogen (secondary N) is 1. The molecule has 0 heterocycles. The summed E-state index contributed by atoms with van der Waals surface area (Å²) in [5, 5.41) is 4.95.